The number of methoxy groups -OCH3 is 1. The van der Waals surface area contributed by atoms with Crippen LogP contribution >= 0.6 is 0 Å². The van der Waals surface area contributed by atoms with Gasteiger partial charge in [0.05, 0.1) is 13.0 Å². The Labute approximate surface area is 214 Å². The molecule has 2 N–H and O–H groups in total. The van der Waals surface area contributed by atoms with E-state index in [1.165, 1.54) is 25.3 Å². The van der Waals surface area contributed by atoms with Crippen LogP contribution < -0.4 is 10.6 Å². The van der Waals surface area contributed by atoms with Crippen molar-refractivity contribution in [3.63, 3.8) is 0 Å². The molecular weight excluding hydrogens is 484 g/mol. The van der Waals surface area contributed by atoms with Gasteiger partial charge in [-0.3, -0.25) is 14.4 Å². The van der Waals surface area contributed by atoms with Gasteiger partial charge in [-0.15, -0.1) is 0 Å². The molecule has 4 rings (SSSR count). The highest BCUT2D eigenvalue weighted by atomic mass is 19.2. The summed E-state index contributed by atoms with van der Waals surface area (Å²) in [6.45, 7) is 6.63. The quantitative estimate of drug-likeness (QED) is 0.568. The van der Waals surface area contributed by atoms with Crippen molar-refractivity contribution in [3.05, 3.63) is 47.7 Å². The zero-order chi connectivity index (χ0) is 26.9. The summed E-state index contributed by atoms with van der Waals surface area (Å²) in [4.78, 5) is 40.4. The molecule has 2 aromatic rings. The highest BCUT2D eigenvalue weighted by molar-refractivity contribution is 5.96. The van der Waals surface area contributed by atoms with E-state index in [2.05, 4.69) is 31.4 Å². The van der Waals surface area contributed by atoms with Crippen LogP contribution in [0.3, 0.4) is 0 Å². The lowest BCUT2D eigenvalue weighted by molar-refractivity contribution is -0.151. The zero-order valence-corrected chi connectivity index (χ0v) is 21.5. The van der Waals surface area contributed by atoms with Gasteiger partial charge in [-0.05, 0) is 76.8 Å². The minimum atomic E-state index is -1.02. The minimum absolute atomic E-state index is 0.0489. The summed E-state index contributed by atoms with van der Waals surface area (Å²) in [5.74, 6) is -3.49. The first kappa shape index (κ1) is 26.8. The van der Waals surface area contributed by atoms with E-state index in [1.807, 2.05) is 0 Å². The maximum absolute atomic E-state index is 13.6. The van der Waals surface area contributed by atoms with Gasteiger partial charge in [0.15, 0.2) is 17.4 Å². The number of likely N-dealkylation sites (tertiary alicyclic amines) is 1. The Morgan fingerprint density at radius 3 is 2.51 bits per heavy atom. The van der Waals surface area contributed by atoms with Gasteiger partial charge in [-0.25, -0.2) is 8.78 Å². The number of amides is 2. The fraction of sp³-hybridized carbons (Fsp3) is 0.519. The molecule has 0 unspecified atom stereocenters. The smallest absolute Gasteiger partial charge is 0.310 e. The van der Waals surface area contributed by atoms with Gasteiger partial charge in [0.2, 0.25) is 5.91 Å². The van der Waals surface area contributed by atoms with E-state index in [4.69, 9.17) is 9.15 Å². The Morgan fingerprint density at radius 1 is 1.08 bits per heavy atom. The molecule has 1 saturated heterocycles. The molecular formula is C27H33F2N3O5. The van der Waals surface area contributed by atoms with Crippen LogP contribution in [0, 0.1) is 17.6 Å². The molecule has 10 heteroatoms. The van der Waals surface area contributed by atoms with Gasteiger partial charge in [-0.1, -0.05) is 0 Å². The van der Waals surface area contributed by atoms with Gasteiger partial charge >= 0.3 is 5.97 Å². The number of esters is 1. The first-order valence-electron chi connectivity index (χ1n) is 12.5. The minimum Gasteiger partial charge on any atom is -0.469 e. The van der Waals surface area contributed by atoms with Crippen LogP contribution in [0.5, 0.6) is 0 Å². The molecule has 4 atom stereocenters. The highest BCUT2D eigenvalue weighted by Crippen LogP contribution is 2.33. The van der Waals surface area contributed by atoms with Crippen LogP contribution in [0.1, 0.15) is 57.0 Å². The van der Waals surface area contributed by atoms with Gasteiger partial charge < -0.3 is 24.7 Å². The largest absolute Gasteiger partial charge is 0.469 e. The molecule has 1 aliphatic heterocycles. The van der Waals surface area contributed by atoms with Crippen LogP contribution in [0.4, 0.5) is 8.78 Å². The first-order chi connectivity index (χ1) is 17.5. The fourth-order valence-corrected chi connectivity index (χ4v) is 5.33. The lowest BCUT2D eigenvalue weighted by Gasteiger charge is -2.41. The lowest BCUT2D eigenvalue weighted by Crippen LogP contribution is -2.55. The Morgan fingerprint density at radius 2 is 1.84 bits per heavy atom. The molecule has 1 saturated carbocycles. The zero-order valence-electron chi connectivity index (χ0n) is 21.5. The summed E-state index contributed by atoms with van der Waals surface area (Å²) in [5, 5.41) is 6.25. The molecule has 1 aromatic carbocycles. The second-order valence-corrected chi connectivity index (χ2v) is 10.7. The number of halogens is 2. The molecule has 8 nitrogen and oxygen atoms in total. The van der Waals surface area contributed by atoms with Crippen molar-refractivity contribution >= 4 is 17.8 Å². The van der Waals surface area contributed by atoms with E-state index in [-0.39, 0.29) is 46.6 Å². The third-order valence-corrected chi connectivity index (χ3v) is 6.93. The van der Waals surface area contributed by atoms with E-state index in [0.717, 1.165) is 18.6 Å². The van der Waals surface area contributed by atoms with Crippen molar-refractivity contribution in [1.82, 2.24) is 15.5 Å². The fourth-order valence-electron chi connectivity index (χ4n) is 5.33. The van der Waals surface area contributed by atoms with E-state index < -0.39 is 29.5 Å². The summed E-state index contributed by atoms with van der Waals surface area (Å²) >= 11 is 0. The SMILES string of the molecule is COC(=O)[C@@H]1C[C@H](NC(C)(C)C)CC[C@@H]1N1CC[C@H](NC(=O)c2ccc(-c3ccc(F)c(F)c3)o2)C1=O. The highest BCUT2D eigenvalue weighted by Gasteiger charge is 2.45. The van der Waals surface area contributed by atoms with Crippen molar-refractivity contribution in [2.45, 2.75) is 70.1 Å². The number of rotatable bonds is 6. The second kappa shape index (κ2) is 10.6. The Kier molecular flexibility index (Phi) is 7.68. The summed E-state index contributed by atoms with van der Waals surface area (Å²) < 4.78 is 37.4. The number of hydrogen-bond acceptors (Lipinski definition) is 6. The van der Waals surface area contributed by atoms with Crippen LogP contribution in [-0.2, 0) is 14.3 Å². The Bertz CT molecular complexity index is 1180. The molecule has 200 valence electrons. The summed E-state index contributed by atoms with van der Waals surface area (Å²) in [6.07, 6.45) is 2.43. The van der Waals surface area contributed by atoms with Crippen molar-refractivity contribution < 1.29 is 32.3 Å². The summed E-state index contributed by atoms with van der Waals surface area (Å²) in [7, 11) is 1.35. The van der Waals surface area contributed by atoms with Crippen LogP contribution in [-0.4, -0.2) is 60.0 Å². The van der Waals surface area contributed by atoms with Gasteiger partial charge in [0.1, 0.15) is 11.8 Å². The molecule has 0 spiro atoms. The number of nitrogens with one attached hydrogen (secondary N) is 2. The van der Waals surface area contributed by atoms with E-state index in [1.54, 1.807) is 4.90 Å². The molecule has 0 radical (unpaired) electrons. The number of benzene rings is 1. The van der Waals surface area contributed by atoms with Gasteiger partial charge in [0.25, 0.3) is 5.91 Å². The molecule has 0 bridgehead atoms. The average Bonchev–Trinajstić information content (AvgIpc) is 3.47. The summed E-state index contributed by atoms with van der Waals surface area (Å²) in [5.41, 5.74) is 0.180. The third kappa shape index (κ3) is 6.01. The van der Waals surface area contributed by atoms with Crippen LogP contribution in [0.2, 0.25) is 0 Å². The standard InChI is InChI=1S/C27H33F2N3O5/c1-27(2,3)31-16-6-8-21(17(14-16)26(35)36-4)32-12-11-20(25(32)34)30-24(33)23-10-9-22(37-23)15-5-7-18(28)19(29)13-15/h5,7,9-10,13,16-17,20-21,31H,6,8,11-12,14H2,1-4H3,(H,30,33)/t16-,17-,20+,21+/m1/s1. The molecule has 2 heterocycles. The maximum atomic E-state index is 13.6. The number of furan rings is 1. The number of ether oxygens (including phenoxy) is 1. The van der Waals surface area contributed by atoms with Crippen molar-refractivity contribution in [1.29, 1.82) is 0 Å². The average molecular weight is 518 g/mol. The first-order valence-corrected chi connectivity index (χ1v) is 12.5. The van der Waals surface area contributed by atoms with Crippen LogP contribution in [0.15, 0.2) is 34.7 Å². The Balaban J connectivity index is 1.41. The number of nitrogens with zero attached hydrogens (tertiary/aromatic N) is 1. The van der Waals surface area contributed by atoms with E-state index in [0.29, 0.717) is 25.8 Å². The summed E-state index contributed by atoms with van der Waals surface area (Å²) in [6, 6.07) is 5.29. The van der Waals surface area contributed by atoms with E-state index in [9.17, 15) is 23.2 Å². The van der Waals surface area contributed by atoms with Crippen molar-refractivity contribution in [3.8, 4) is 11.3 Å². The van der Waals surface area contributed by atoms with Gasteiger partial charge in [-0.2, -0.15) is 0 Å². The molecule has 2 aliphatic rings. The third-order valence-electron chi connectivity index (χ3n) is 6.93. The molecule has 2 amide bonds. The van der Waals surface area contributed by atoms with Crippen molar-refractivity contribution in [2.75, 3.05) is 13.7 Å². The van der Waals surface area contributed by atoms with Crippen molar-refractivity contribution in [2.24, 2.45) is 5.92 Å². The predicted octanol–water partition coefficient (Wildman–Crippen LogP) is 3.65. The molecule has 1 aliphatic carbocycles. The number of hydrogen-bond donors (Lipinski definition) is 2. The second-order valence-electron chi connectivity index (χ2n) is 10.7. The van der Waals surface area contributed by atoms with Crippen LogP contribution in [0.25, 0.3) is 11.3 Å². The topological polar surface area (TPSA) is 101 Å². The Hall–Kier alpha value is -3.27. The predicted molar refractivity (Wildman–Crippen MR) is 131 cm³/mol. The molecule has 1 aromatic heterocycles. The number of carbonyl (C=O) groups excluding carboxylic acids is 3. The molecule has 37 heavy (non-hydrogen) atoms. The number of carbonyl (C=O) groups is 3. The maximum Gasteiger partial charge on any atom is 0.310 e. The van der Waals surface area contributed by atoms with Gasteiger partial charge in [0, 0.05) is 29.7 Å². The molecule has 2 fully saturated rings. The normalized spacial score (nSPS) is 24.3. The van der Waals surface area contributed by atoms with E-state index >= 15 is 0 Å². The monoisotopic (exact) mass is 517 g/mol. The lowest BCUT2D eigenvalue weighted by atomic mass is 9.80.